The van der Waals surface area contributed by atoms with Crippen LogP contribution < -0.4 is 4.74 Å². The van der Waals surface area contributed by atoms with Gasteiger partial charge in [-0.3, -0.25) is 0 Å². The molecule has 0 radical (unpaired) electrons. The summed E-state index contributed by atoms with van der Waals surface area (Å²) in [5, 5.41) is 18.1. The van der Waals surface area contributed by atoms with Crippen LogP contribution in [0.4, 0.5) is 26.3 Å². The number of aliphatic hydroxyl groups excluding tert-OH is 1. The lowest BCUT2D eigenvalue weighted by atomic mass is 9.96. The molecule has 0 bridgehead atoms. The summed E-state index contributed by atoms with van der Waals surface area (Å²) in [6.07, 6.45) is -9.54. The highest BCUT2D eigenvalue weighted by atomic mass is 32.1. The first-order chi connectivity index (χ1) is 15.3. The minimum Gasteiger partial charge on any atom is -0.493 e. The van der Waals surface area contributed by atoms with E-state index in [0.29, 0.717) is 5.01 Å². The van der Waals surface area contributed by atoms with E-state index in [1.165, 1.54) is 24.3 Å². The van der Waals surface area contributed by atoms with Crippen LogP contribution in [-0.2, 0) is 24.2 Å². The number of halogens is 6. The number of aromatic nitrogens is 2. The molecule has 178 valence electrons. The first-order valence-corrected chi connectivity index (χ1v) is 10.6. The summed E-state index contributed by atoms with van der Waals surface area (Å²) in [7, 11) is 0. The van der Waals surface area contributed by atoms with Crippen molar-refractivity contribution >= 4 is 11.3 Å². The van der Waals surface area contributed by atoms with E-state index in [9.17, 15) is 31.4 Å². The Balaban J connectivity index is 1.83. The van der Waals surface area contributed by atoms with Gasteiger partial charge in [-0.25, -0.2) is 0 Å². The lowest BCUT2D eigenvalue weighted by Gasteiger charge is -2.17. The van der Waals surface area contributed by atoms with E-state index in [2.05, 4.69) is 10.2 Å². The molecule has 0 saturated carbocycles. The smallest absolute Gasteiger partial charge is 0.419 e. The van der Waals surface area contributed by atoms with Gasteiger partial charge < -0.3 is 9.84 Å². The Kier molecular flexibility index (Phi) is 7.04. The van der Waals surface area contributed by atoms with Gasteiger partial charge in [-0.1, -0.05) is 43.4 Å². The Morgan fingerprint density at radius 1 is 0.909 bits per heavy atom. The third-order valence-corrected chi connectivity index (χ3v) is 6.22. The van der Waals surface area contributed by atoms with Gasteiger partial charge in [0.2, 0.25) is 0 Å². The maximum Gasteiger partial charge on any atom is 0.419 e. The van der Waals surface area contributed by atoms with Crippen LogP contribution in [0.5, 0.6) is 5.75 Å². The average molecular weight is 490 g/mol. The number of hydrogen-bond acceptors (Lipinski definition) is 5. The second kappa shape index (κ2) is 9.30. The van der Waals surface area contributed by atoms with Crippen LogP contribution in [0.15, 0.2) is 42.5 Å². The molecule has 0 fully saturated rings. The molecule has 0 amide bonds. The third-order valence-electron chi connectivity index (χ3n) is 4.88. The van der Waals surface area contributed by atoms with Crippen LogP contribution in [0.3, 0.4) is 0 Å². The van der Waals surface area contributed by atoms with E-state index in [0.717, 1.165) is 29.5 Å². The van der Waals surface area contributed by atoms with E-state index in [1.807, 2.05) is 0 Å². The maximum absolute atomic E-state index is 13.7. The van der Waals surface area contributed by atoms with Gasteiger partial charge in [0.15, 0.2) is 0 Å². The molecule has 0 unspecified atom stereocenters. The summed E-state index contributed by atoms with van der Waals surface area (Å²) in [6.45, 7) is 2.88. The van der Waals surface area contributed by atoms with Crippen molar-refractivity contribution in [3.63, 3.8) is 0 Å². The zero-order chi connectivity index (χ0) is 24.4. The van der Waals surface area contributed by atoms with Crippen molar-refractivity contribution in [2.45, 2.75) is 38.0 Å². The van der Waals surface area contributed by atoms with E-state index in [-0.39, 0.29) is 35.8 Å². The first-order valence-electron chi connectivity index (χ1n) is 9.77. The van der Waals surface area contributed by atoms with Crippen LogP contribution >= 0.6 is 11.3 Å². The quantitative estimate of drug-likeness (QED) is 0.405. The minimum absolute atomic E-state index is 0.0666. The Bertz CT molecular complexity index is 1110. The van der Waals surface area contributed by atoms with Gasteiger partial charge in [-0.2, -0.15) is 26.3 Å². The summed E-state index contributed by atoms with van der Waals surface area (Å²) >= 11 is 1.06. The Morgan fingerprint density at radius 2 is 1.58 bits per heavy atom. The number of rotatable bonds is 7. The van der Waals surface area contributed by atoms with Gasteiger partial charge in [-0.15, -0.1) is 10.2 Å². The predicted molar refractivity (Wildman–Crippen MR) is 111 cm³/mol. The number of nitrogens with zero attached hydrogens (tertiary/aromatic N) is 2. The van der Waals surface area contributed by atoms with Crippen molar-refractivity contribution in [1.82, 2.24) is 10.2 Å². The number of aliphatic hydroxyl groups is 1. The molecule has 0 aliphatic heterocycles. The van der Waals surface area contributed by atoms with Crippen LogP contribution in [-0.4, -0.2) is 28.5 Å². The largest absolute Gasteiger partial charge is 0.493 e. The van der Waals surface area contributed by atoms with Crippen molar-refractivity contribution < 1.29 is 36.2 Å². The monoisotopic (exact) mass is 490 g/mol. The summed E-state index contributed by atoms with van der Waals surface area (Å²) in [5.74, 6) is -0.490. The van der Waals surface area contributed by atoms with Crippen LogP contribution in [0.2, 0.25) is 0 Å². The van der Waals surface area contributed by atoms with E-state index >= 15 is 0 Å². The normalized spacial score (nSPS) is 12.8. The zero-order valence-electron chi connectivity index (χ0n) is 17.6. The highest BCUT2D eigenvalue weighted by molar-refractivity contribution is 7.14. The van der Waals surface area contributed by atoms with Crippen LogP contribution in [0, 0.1) is 0 Å². The van der Waals surface area contributed by atoms with Crippen molar-refractivity contribution in [2.75, 3.05) is 13.2 Å². The fourth-order valence-electron chi connectivity index (χ4n) is 2.98. The van der Waals surface area contributed by atoms with Crippen LogP contribution in [0.25, 0.3) is 10.6 Å². The van der Waals surface area contributed by atoms with Crippen molar-refractivity contribution in [2.24, 2.45) is 0 Å². The number of ether oxygens (including phenoxy) is 1. The topological polar surface area (TPSA) is 55.2 Å². The number of alkyl halides is 6. The maximum atomic E-state index is 13.7. The van der Waals surface area contributed by atoms with E-state index < -0.39 is 34.6 Å². The highest BCUT2D eigenvalue weighted by Gasteiger charge is 2.36. The van der Waals surface area contributed by atoms with E-state index in [4.69, 9.17) is 4.74 Å². The summed E-state index contributed by atoms with van der Waals surface area (Å²) in [4.78, 5) is 0. The molecule has 3 rings (SSSR count). The summed E-state index contributed by atoms with van der Waals surface area (Å²) in [5.41, 5.74) is -2.52. The molecule has 0 atom stereocenters. The van der Waals surface area contributed by atoms with Crippen molar-refractivity contribution in [3.05, 3.63) is 64.2 Å². The Morgan fingerprint density at radius 3 is 2.21 bits per heavy atom. The molecular weight excluding hydrogens is 470 g/mol. The third kappa shape index (κ3) is 5.83. The molecule has 33 heavy (non-hydrogen) atoms. The van der Waals surface area contributed by atoms with Crippen LogP contribution in [0.1, 0.15) is 35.5 Å². The van der Waals surface area contributed by atoms with Gasteiger partial charge in [0.1, 0.15) is 15.8 Å². The Labute approximate surface area is 189 Å². The molecule has 1 N–H and O–H groups in total. The molecule has 1 heterocycles. The number of benzene rings is 2. The van der Waals surface area contributed by atoms with Crippen molar-refractivity contribution in [3.8, 4) is 16.3 Å². The lowest BCUT2D eigenvalue weighted by Crippen LogP contribution is -2.21. The fourth-order valence-corrected chi connectivity index (χ4v) is 3.91. The molecule has 4 nitrogen and oxygen atoms in total. The molecule has 2 aromatic carbocycles. The summed E-state index contributed by atoms with van der Waals surface area (Å²) in [6, 6.07) is 8.22. The highest BCUT2D eigenvalue weighted by Crippen LogP contribution is 2.40. The predicted octanol–water partition coefficient (Wildman–Crippen LogP) is 6.13. The van der Waals surface area contributed by atoms with Gasteiger partial charge in [0.05, 0.1) is 24.3 Å². The molecule has 0 saturated heterocycles. The van der Waals surface area contributed by atoms with Crippen molar-refractivity contribution in [1.29, 1.82) is 0 Å². The average Bonchev–Trinajstić information content (AvgIpc) is 3.24. The molecule has 0 aliphatic carbocycles. The van der Waals surface area contributed by atoms with Gasteiger partial charge >= 0.3 is 12.4 Å². The number of hydrogen-bond donors (Lipinski definition) is 1. The summed E-state index contributed by atoms with van der Waals surface area (Å²) < 4.78 is 85.6. The first kappa shape index (κ1) is 25.0. The Hall–Kier alpha value is -2.66. The fraction of sp³-hybridized carbons (Fsp3) is 0.364. The minimum atomic E-state index is -4.76. The standard InChI is InChI=1S/C22H20F6N2O2S/c1-20(2,12-31)19-30-29-18(33-19)14-7-8-17(16(11-14)22(26,27)28)32-10-9-13-5-3-4-6-15(13)21(23,24)25/h3-8,11,31H,9-10,12H2,1-2H3. The van der Waals surface area contributed by atoms with E-state index in [1.54, 1.807) is 13.8 Å². The molecule has 11 heteroatoms. The lowest BCUT2D eigenvalue weighted by molar-refractivity contribution is -0.139. The SMILES string of the molecule is CC(C)(CO)c1nnc(-c2ccc(OCCc3ccccc3C(F)(F)F)c(C(F)(F)F)c2)s1. The van der Waals surface area contributed by atoms with Gasteiger partial charge in [0, 0.05) is 17.4 Å². The molecule has 0 aliphatic rings. The second-order valence-corrected chi connectivity index (χ2v) is 8.89. The van der Waals surface area contributed by atoms with Gasteiger partial charge in [0.25, 0.3) is 0 Å². The molecule has 1 aromatic heterocycles. The molecule has 0 spiro atoms. The van der Waals surface area contributed by atoms with Gasteiger partial charge in [-0.05, 0) is 29.8 Å². The zero-order valence-corrected chi connectivity index (χ0v) is 18.4. The molecular formula is C22H20F6N2O2S. The second-order valence-electron chi connectivity index (χ2n) is 7.92. The molecule has 3 aromatic rings.